The summed E-state index contributed by atoms with van der Waals surface area (Å²) in [5.41, 5.74) is 1.36. The van der Waals surface area contributed by atoms with E-state index in [0.29, 0.717) is 24.5 Å². The maximum Gasteiger partial charge on any atom is 0.358 e. The number of methoxy groups -OCH3 is 1. The first-order valence-corrected chi connectivity index (χ1v) is 6.31. The molecular formula is C13H16N4O3. The lowest BCUT2D eigenvalue weighted by molar-refractivity contribution is 0.0689. The van der Waals surface area contributed by atoms with Crippen LogP contribution in [0.3, 0.4) is 0 Å². The topological polar surface area (TPSA) is 90.1 Å². The van der Waals surface area contributed by atoms with Gasteiger partial charge in [0.25, 0.3) is 0 Å². The minimum atomic E-state index is -1.06. The van der Waals surface area contributed by atoms with E-state index in [1.54, 1.807) is 17.9 Å². The number of aromatic nitrogens is 4. The summed E-state index contributed by atoms with van der Waals surface area (Å²) in [4.78, 5) is 15.4. The molecule has 1 N–H and O–H groups in total. The van der Waals surface area contributed by atoms with Gasteiger partial charge < -0.3 is 9.84 Å². The number of carboxylic acid groups (broad SMARTS) is 1. The Balaban J connectivity index is 2.30. The molecule has 0 amide bonds. The lowest BCUT2D eigenvalue weighted by atomic mass is 10.2. The molecule has 0 aromatic carbocycles. The molecular weight excluding hydrogens is 260 g/mol. The number of rotatable bonds is 6. The van der Waals surface area contributed by atoms with E-state index in [1.807, 2.05) is 19.1 Å². The number of nitrogens with zero attached hydrogens (tertiary/aromatic N) is 4. The predicted octanol–water partition coefficient (Wildman–Crippen LogP) is 1.38. The van der Waals surface area contributed by atoms with Crippen molar-refractivity contribution in [2.45, 2.75) is 26.3 Å². The van der Waals surface area contributed by atoms with Crippen molar-refractivity contribution in [3.05, 3.63) is 35.3 Å². The molecule has 0 radical (unpaired) electrons. The summed E-state index contributed by atoms with van der Waals surface area (Å²) in [5, 5.41) is 16.7. The van der Waals surface area contributed by atoms with Gasteiger partial charge in [0.05, 0.1) is 25.0 Å². The van der Waals surface area contributed by atoms with Crippen molar-refractivity contribution in [2.75, 3.05) is 7.11 Å². The molecule has 2 aromatic heterocycles. The highest BCUT2D eigenvalue weighted by molar-refractivity contribution is 5.86. The van der Waals surface area contributed by atoms with Crippen molar-refractivity contribution >= 4 is 5.97 Å². The molecule has 0 saturated carbocycles. The molecule has 0 saturated heterocycles. The third-order valence-electron chi connectivity index (χ3n) is 2.83. The van der Waals surface area contributed by atoms with E-state index >= 15 is 0 Å². The number of hydrogen-bond acceptors (Lipinski definition) is 5. The fourth-order valence-electron chi connectivity index (χ4n) is 1.92. The minimum Gasteiger partial charge on any atom is -0.481 e. The number of pyridine rings is 1. The zero-order valence-corrected chi connectivity index (χ0v) is 11.4. The van der Waals surface area contributed by atoms with Crippen molar-refractivity contribution in [3.63, 3.8) is 0 Å². The highest BCUT2D eigenvalue weighted by Gasteiger charge is 2.18. The molecule has 0 unspecified atom stereocenters. The highest BCUT2D eigenvalue weighted by Crippen LogP contribution is 2.12. The number of carbonyl (C=O) groups is 1. The van der Waals surface area contributed by atoms with Crippen molar-refractivity contribution in [2.24, 2.45) is 0 Å². The Kier molecular flexibility index (Phi) is 4.29. The number of carboxylic acids is 1. The Labute approximate surface area is 116 Å². The van der Waals surface area contributed by atoms with Crippen molar-refractivity contribution in [3.8, 4) is 5.88 Å². The average Bonchev–Trinajstić information content (AvgIpc) is 2.83. The van der Waals surface area contributed by atoms with Crippen molar-refractivity contribution in [1.29, 1.82) is 0 Å². The van der Waals surface area contributed by atoms with Crippen LogP contribution in [0.5, 0.6) is 5.88 Å². The van der Waals surface area contributed by atoms with Crippen LogP contribution < -0.4 is 4.74 Å². The summed E-state index contributed by atoms with van der Waals surface area (Å²) < 4.78 is 6.64. The maximum absolute atomic E-state index is 11.1. The van der Waals surface area contributed by atoms with Crippen LogP contribution in [0.25, 0.3) is 0 Å². The van der Waals surface area contributed by atoms with Crippen LogP contribution in [0, 0.1) is 0 Å². The van der Waals surface area contributed by atoms with Crippen LogP contribution in [0.2, 0.25) is 0 Å². The Morgan fingerprint density at radius 1 is 1.45 bits per heavy atom. The maximum atomic E-state index is 11.1. The van der Waals surface area contributed by atoms with Crippen LogP contribution in [-0.2, 0) is 13.0 Å². The van der Waals surface area contributed by atoms with Gasteiger partial charge in [0, 0.05) is 6.07 Å². The summed E-state index contributed by atoms with van der Waals surface area (Å²) in [5.74, 6) is -0.545. The molecule has 7 heteroatoms. The van der Waals surface area contributed by atoms with E-state index in [1.165, 1.54) is 0 Å². The van der Waals surface area contributed by atoms with Gasteiger partial charge in [0.1, 0.15) is 0 Å². The van der Waals surface area contributed by atoms with E-state index in [2.05, 4.69) is 15.3 Å². The van der Waals surface area contributed by atoms with Crippen LogP contribution in [0.1, 0.15) is 35.2 Å². The Bertz CT molecular complexity index is 609. The molecule has 0 spiro atoms. The quantitative estimate of drug-likeness (QED) is 0.857. The third-order valence-corrected chi connectivity index (χ3v) is 2.83. The first-order valence-electron chi connectivity index (χ1n) is 6.31. The molecule has 7 nitrogen and oxygen atoms in total. The van der Waals surface area contributed by atoms with Gasteiger partial charge >= 0.3 is 5.97 Å². The second-order valence-electron chi connectivity index (χ2n) is 4.27. The average molecular weight is 276 g/mol. The summed E-state index contributed by atoms with van der Waals surface area (Å²) in [6.07, 6.45) is 1.43. The van der Waals surface area contributed by atoms with Gasteiger partial charge in [0.2, 0.25) is 5.88 Å². The van der Waals surface area contributed by atoms with Gasteiger partial charge in [-0.1, -0.05) is 24.6 Å². The summed E-state index contributed by atoms with van der Waals surface area (Å²) in [7, 11) is 1.55. The standard InChI is InChI=1S/C13H16N4O3/c1-3-5-10-12(13(18)19)15-16-17(10)8-9-6-4-7-11(14-9)20-2/h4,6-7H,3,5,8H2,1-2H3,(H,18,19). The molecule has 0 bridgehead atoms. The largest absolute Gasteiger partial charge is 0.481 e. The van der Waals surface area contributed by atoms with E-state index in [4.69, 9.17) is 9.84 Å². The third kappa shape index (κ3) is 2.93. The van der Waals surface area contributed by atoms with E-state index in [-0.39, 0.29) is 5.69 Å². The fourth-order valence-corrected chi connectivity index (χ4v) is 1.92. The number of ether oxygens (including phenoxy) is 1. The number of aromatic carboxylic acids is 1. The molecule has 0 fully saturated rings. The van der Waals surface area contributed by atoms with Crippen LogP contribution in [0.4, 0.5) is 0 Å². The van der Waals surface area contributed by atoms with Crippen LogP contribution in [0.15, 0.2) is 18.2 Å². The molecule has 106 valence electrons. The molecule has 20 heavy (non-hydrogen) atoms. The van der Waals surface area contributed by atoms with Gasteiger partial charge in [-0.3, -0.25) is 0 Å². The van der Waals surface area contributed by atoms with E-state index in [9.17, 15) is 4.79 Å². The number of hydrogen-bond donors (Lipinski definition) is 1. The van der Waals surface area contributed by atoms with Gasteiger partial charge in [-0.05, 0) is 12.5 Å². The van der Waals surface area contributed by atoms with Crippen molar-refractivity contribution < 1.29 is 14.6 Å². The monoisotopic (exact) mass is 276 g/mol. The summed E-state index contributed by atoms with van der Waals surface area (Å²) in [6, 6.07) is 5.41. The van der Waals surface area contributed by atoms with Crippen molar-refractivity contribution in [1.82, 2.24) is 20.0 Å². The molecule has 2 rings (SSSR count). The minimum absolute atomic E-state index is 0.00902. The SMILES string of the molecule is CCCc1c(C(=O)O)nnn1Cc1cccc(OC)n1. The van der Waals surface area contributed by atoms with Crippen LogP contribution in [-0.4, -0.2) is 38.2 Å². The molecule has 2 heterocycles. The zero-order chi connectivity index (χ0) is 14.5. The van der Waals surface area contributed by atoms with Gasteiger partial charge in [-0.2, -0.15) is 0 Å². The van der Waals surface area contributed by atoms with Crippen LogP contribution >= 0.6 is 0 Å². The van der Waals surface area contributed by atoms with Gasteiger partial charge in [-0.25, -0.2) is 14.5 Å². The van der Waals surface area contributed by atoms with E-state index in [0.717, 1.165) is 12.1 Å². The normalized spacial score (nSPS) is 10.5. The predicted molar refractivity (Wildman–Crippen MR) is 70.9 cm³/mol. The first-order chi connectivity index (χ1) is 9.65. The first kappa shape index (κ1) is 14.0. The second kappa shape index (κ2) is 6.14. The lowest BCUT2D eigenvalue weighted by Gasteiger charge is -2.07. The highest BCUT2D eigenvalue weighted by atomic mass is 16.5. The smallest absolute Gasteiger partial charge is 0.358 e. The molecule has 0 aliphatic carbocycles. The molecule has 0 aliphatic heterocycles. The Morgan fingerprint density at radius 2 is 2.25 bits per heavy atom. The Morgan fingerprint density at radius 3 is 2.90 bits per heavy atom. The Hall–Kier alpha value is -2.44. The molecule has 0 aliphatic rings. The summed E-state index contributed by atoms with van der Waals surface area (Å²) >= 11 is 0. The molecule has 0 atom stereocenters. The lowest BCUT2D eigenvalue weighted by Crippen LogP contribution is -2.10. The van der Waals surface area contributed by atoms with Gasteiger partial charge in [0.15, 0.2) is 5.69 Å². The molecule has 2 aromatic rings. The fraction of sp³-hybridized carbons (Fsp3) is 0.385. The van der Waals surface area contributed by atoms with E-state index < -0.39 is 5.97 Å². The second-order valence-corrected chi connectivity index (χ2v) is 4.27. The van der Waals surface area contributed by atoms with Gasteiger partial charge in [-0.15, -0.1) is 5.10 Å². The summed E-state index contributed by atoms with van der Waals surface area (Å²) in [6.45, 7) is 2.35. The zero-order valence-electron chi connectivity index (χ0n) is 11.4.